The first-order valence-electron chi connectivity index (χ1n) is 6.82. The minimum absolute atomic E-state index is 0.0861. The van der Waals surface area contributed by atoms with Crippen molar-refractivity contribution in [1.29, 1.82) is 0 Å². The van der Waals surface area contributed by atoms with Crippen LogP contribution in [0.5, 0.6) is 0 Å². The number of carbonyl (C=O) groups is 1. The summed E-state index contributed by atoms with van der Waals surface area (Å²) in [5, 5.41) is 7.75. The van der Waals surface area contributed by atoms with Gasteiger partial charge in [0.05, 0.1) is 17.9 Å². The van der Waals surface area contributed by atoms with Crippen LogP contribution in [0.4, 0.5) is 23.2 Å². The number of aromatic nitrogens is 2. The van der Waals surface area contributed by atoms with Gasteiger partial charge in [-0.15, -0.1) is 0 Å². The Morgan fingerprint density at radius 3 is 2.42 bits per heavy atom. The van der Waals surface area contributed by atoms with Gasteiger partial charge in [-0.2, -0.15) is 18.3 Å². The number of hydrogen-bond acceptors (Lipinski definition) is 6. The molecule has 24 heavy (non-hydrogen) atoms. The summed E-state index contributed by atoms with van der Waals surface area (Å²) in [5.41, 5.74) is 0.924. The van der Waals surface area contributed by atoms with Gasteiger partial charge in [0, 0.05) is 44.9 Å². The highest BCUT2D eigenvalue weighted by Gasteiger charge is 2.35. The lowest BCUT2D eigenvalue weighted by Crippen LogP contribution is -2.48. The van der Waals surface area contributed by atoms with E-state index in [0.717, 1.165) is 24.4 Å². The van der Waals surface area contributed by atoms with Gasteiger partial charge in [0.25, 0.3) is 5.12 Å². The van der Waals surface area contributed by atoms with Gasteiger partial charge in [0.2, 0.25) is 0 Å². The first-order chi connectivity index (χ1) is 11.0. The van der Waals surface area contributed by atoms with Crippen LogP contribution in [0.15, 0.2) is 12.4 Å². The molecule has 6 nitrogen and oxygen atoms in total. The van der Waals surface area contributed by atoms with E-state index in [1.54, 1.807) is 10.9 Å². The fourth-order valence-electron chi connectivity index (χ4n) is 2.27. The first kappa shape index (κ1) is 21.1. The average molecular weight is 389 g/mol. The van der Waals surface area contributed by atoms with Crippen LogP contribution < -0.4 is 9.44 Å². The van der Waals surface area contributed by atoms with Gasteiger partial charge in [-0.3, -0.25) is 18.9 Å². The number of carbonyl (C=O) groups excluding carboxylic acids is 1. The summed E-state index contributed by atoms with van der Waals surface area (Å²) in [5.74, 6) is 0. The van der Waals surface area contributed by atoms with Crippen molar-refractivity contribution in [3.8, 4) is 0 Å². The predicted molar refractivity (Wildman–Crippen MR) is 88.3 cm³/mol. The SMILES string of the molecule is CN1CC(F)CC(N(SN)c2cnn(C)c2)C1.O=C(S)C(F)(F)F. The largest absolute Gasteiger partial charge is 0.460 e. The van der Waals surface area contributed by atoms with Crippen molar-refractivity contribution >= 4 is 35.6 Å². The smallest absolute Gasteiger partial charge is 0.301 e. The van der Waals surface area contributed by atoms with Crippen LogP contribution in [-0.2, 0) is 11.8 Å². The molecule has 1 fully saturated rings. The molecule has 12 heteroatoms. The van der Waals surface area contributed by atoms with E-state index < -0.39 is 17.5 Å². The molecule has 1 aromatic heterocycles. The third-order valence-electron chi connectivity index (χ3n) is 3.19. The van der Waals surface area contributed by atoms with Crippen molar-refractivity contribution in [2.45, 2.75) is 24.8 Å². The Kier molecular flexibility index (Phi) is 7.83. The summed E-state index contributed by atoms with van der Waals surface area (Å²) in [4.78, 5) is 11.2. The maximum atomic E-state index is 13.6. The van der Waals surface area contributed by atoms with Gasteiger partial charge in [-0.25, -0.2) is 4.39 Å². The number of likely N-dealkylation sites (N-methyl/N-ethyl adjacent to an activating group) is 1. The van der Waals surface area contributed by atoms with Crippen molar-refractivity contribution in [1.82, 2.24) is 14.7 Å². The van der Waals surface area contributed by atoms with Crippen LogP contribution in [0.2, 0.25) is 0 Å². The third kappa shape index (κ3) is 6.49. The molecule has 2 N–H and O–H groups in total. The molecule has 2 atom stereocenters. The Balaban J connectivity index is 0.000000351. The van der Waals surface area contributed by atoms with Crippen molar-refractivity contribution in [3.63, 3.8) is 0 Å². The Morgan fingerprint density at radius 1 is 1.46 bits per heavy atom. The molecule has 0 saturated carbocycles. The average Bonchev–Trinajstić information content (AvgIpc) is 2.84. The number of thiol groups is 1. The highest BCUT2D eigenvalue weighted by Crippen LogP contribution is 2.27. The van der Waals surface area contributed by atoms with Gasteiger partial charge in [-0.1, -0.05) is 12.6 Å². The lowest BCUT2D eigenvalue weighted by atomic mass is 10.0. The first-order valence-corrected chi connectivity index (χ1v) is 8.10. The van der Waals surface area contributed by atoms with Crippen LogP contribution in [0.25, 0.3) is 0 Å². The Morgan fingerprint density at radius 2 is 2.04 bits per heavy atom. The van der Waals surface area contributed by atoms with Crippen LogP contribution in [0.1, 0.15) is 6.42 Å². The molecule has 2 rings (SSSR count). The number of piperidine rings is 1. The molecule has 1 aliphatic heterocycles. The fraction of sp³-hybridized carbons (Fsp3) is 0.667. The molecule has 0 radical (unpaired) electrons. The van der Waals surface area contributed by atoms with Gasteiger partial charge < -0.3 is 4.90 Å². The van der Waals surface area contributed by atoms with Crippen molar-refractivity contribution < 1.29 is 22.4 Å². The molecule has 138 valence electrons. The Labute approximate surface area is 147 Å². The third-order valence-corrected chi connectivity index (χ3v) is 4.18. The molecule has 1 saturated heterocycles. The maximum absolute atomic E-state index is 13.6. The lowest BCUT2D eigenvalue weighted by Gasteiger charge is -2.38. The van der Waals surface area contributed by atoms with E-state index in [-0.39, 0.29) is 6.04 Å². The topological polar surface area (TPSA) is 67.4 Å². The number of likely N-dealkylation sites (tertiary alicyclic amines) is 1. The molecule has 0 aliphatic carbocycles. The molecule has 1 aromatic rings. The highest BCUT2D eigenvalue weighted by molar-refractivity contribution is 7.98. The molecule has 0 aromatic carbocycles. The summed E-state index contributed by atoms with van der Waals surface area (Å²) in [7, 11) is 3.79. The maximum Gasteiger partial charge on any atom is 0.460 e. The number of alkyl halides is 4. The van der Waals surface area contributed by atoms with Crippen molar-refractivity contribution in [2.75, 3.05) is 24.4 Å². The quantitative estimate of drug-likeness (QED) is 0.467. The van der Waals surface area contributed by atoms with Gasteiger partial charge in [0.15, 0.2) is 0 Å². The molecule has 0 bridgehead atoms. The van der Waals surface area contributed by atoms with E-state index >= 15 is 0 Å². The van der Waals surface area contributed by atoms with Crippen LogP contribution in [0.3, 0.4) is 0 Å². The monoisotopic (exact) mass is 389 g/mol. The van der Waals surface area contributed by atoms with E-state index in [4.69, 9.17) is 5.14 Å². The lowest BCUT2D eigenvalue weighted by molar-refractivity contribution is -0.160. The number of hydrogen-bond donors (Lipinski definition) is 2. The summed E-state index contributed by atoms with van der Waals surface area (Å²) in [6.45, 7) is 1.33. The Hall–Kier alpha value is -0.980. The summed E-state index contributed by atoms with van der Waals surface area (Å²) < 4.78 is 49.5. The summed E-state index contributed by atoms with van der Waals surface area (Å²) in [6.07, 6.45) is -1.40. The van der Waals surface area contributed by atoms with Crippen LogP contribution in [0, 0.1) is 0 Å². The second-order valence-electron chi connectivity index (χ2n) is 5.31. The van der Waals surface area contributed by atoms with Gasteiger partial charge in [-0.05, 0) is 7.05 Å². The number of rotatable bonds is 3. The van der Waals surface area contributed by atoms with E-state index in [1.807, 2.05) is 29.5 Å². The predicted octanol–water partition coefficient (Wildman–Crippen LogP) is 1.80. The number of anilines is 1. The van der Waals surface area contributed by atoms with Crippen molar-refractivity contribution in [3.05, 3.63) is 12.4 Å². The summed E-state index contributed by atoms with van der Waals surface area (Å²) in [6, 6.07) is 0.0861. The minimum Gasteiger partial charge on any atom is -0.301 e. The number of nitrogens with two attached hydrogens (primary N) is 1. The molecule has 1 aliphatic rings. The van der Waals surface area contributed by atoms with Crippen molar-refractivity contribution in [2.24, 2.45) is 12.2 Å². The van der Waals surface area contributed by atoms with E-state index in [0.29, 0.717) is 13.0 Å². The molecule has 2 unspecified atom stereocenters. The molecule has 2 heterocycles. The zero-order valence-electron chi connectivity index (χ0n) is 13.1. The highest BCUT2D eigenvalue weighted by atomic mass is 32.2. The summed E-state index contributed by atoms with van der Waals surface area (Å²) >= 11 is 3.65. The second-order valence-corrected chi connectivity index (χ2v) is 6.32. The number of halogens is 4. The molecular formula is C12H19F4N5OS2. The van der Waals surface area contributed by atoms with Gasteiger partial charge in [0.1, 0.15) is 6.17 Å². The number of nitrogens with zero attached hydrogens (tertiary/aromatic N) is 4. The molecular weight excluding hydrogens is 370 g/mol. The molecule has 0 spiro atoms. The standard InChI is InChI=1S/C10H18FN5S.C2HF3OS/c1-14-5-8(11)3-9(6-14)16(17-12)10-4-13-15(2)7-10;3-2(4,5)1(6)7/h4,7-9H,3,5-6,12H2,1-2H3;(H,6,7). The van der Waals surface area contributed by atoms with Crippen LogP contribution in [-0.4, -0.2) is 58.3 Å². The fourth-order valence-corrected chi connectivity index (χ4v) is 2.81. The normalized spacial score (nSPS) is 21.8. The van der Waals surface area contributed by atoms with E-state index in [1.165, 1.54) is 0 Å². The Bertz CT molecular complexity index is 532. The zero-order valence-corrected chi connectivity index (χ0v) is 14.8. The minimum atomic E-state index is -4.77. The molecule has 0 amide bonds. The second kappa shape index (κ2) is 8.92. The number of aryl methyl sites for hydroxylation is 1. The van der Waals surface area contributed by atoms with Crippen LogP contribution >= 0.6 is 24.8 Å². The van der Waals surface area contributed by atoms with E-state index in [9.17, 15) is 22.4 Å². The van der Waals surface area contributed by atoms with Gasteiger partial charge >= 0.3 is 6.18 Å². The van der Waals surface area contributed by atoms with E-state index in [2.05, 4.69) is 17.7 Å². The zero-order chi connectivity index (χ0) is 18.5.